The van der Waals surface area contributed by atoms with Gasteiger partial charge in [0, 0.05) is 5.41 Å². The van der Waals surface area contributed by atoms with Gasteiger partial charge in [0.05, 0.1) is 0 Å². The molecule has 232 valence electrons. The van der Waals surface area contributed by atoms with Gasteiger partial charge >= 0.3 is 0 Å². The molecule has 0 nitrogen and oxygen atoms in total. The van der Waals surface area contributed by atoms with Gasteiger partial charge in [0.15, 0.2) is 0 Å². The Kier molecular flexibility index (Phi) is 8.60. The molecular weight excluding hydrogens is 528 g/mol. The van der Waals surface area contributed by atoms with Crippen LogP contribution in [0.15, 0.2) is 121 Å². The molecule has 0 radical (unpaired) electrons. The molecule has 4 aliphatic rings. The molecule has 0 N–H and O–H groups in total. The topological polar surface area (TPSA) is 0 Å². The zero-order chi connectivity index (χ0) is 31.1. The minimum Gasteiger partial charge on any atom is -0.103 e. The fraction of sp³-hybridized carbons (Fsp3) is 0.500. The van der Waals surface area contributed by atoms with Crippen LogP contribution in [0.1, 0.15) is 91.2 Å². The highest BCUT2D eigenvalue weighted by molar-refractivity contribution is 5.48. The van der Waals surface area contributed by atoms with E-state index < -0.39 is 0 Å². The van der Waals surface area contributed by atoms with Gasteiger partial charge < -0.3 is 0 Å². The Labute approximate surface area is 269 Å². The van der Waals surface area contributed by atoms with Crippen LogP contribution in [0.2, 0.25) is 0 Å². The predicted molar refractivity (Wildman–Crippen MR) is 189 cm³/mol. The summed E-state index contributed by atoms with van der Waals surface area (Å²) in [7, 11) is 0. The van der Waals surface area contributed by atoms with Crippen molar-refractivity contribution >= 4 is 0 Å². The number of fused-ring (bicyclic) bond motifs is 3. The molecule has 0 heterocycles. The molecule has 0 aliphatic heterocycles. The van der Waals surface area contributed by atoms with Crippen molar-refractivity contribution in [2.24, 2.45) is 52.3 Å². The Morgan fingerprint density at radius 2 is 1.18 bits per heavy atom. The summed E-state index contributed by atoms with van der Waals surface area (Å²) in [5.74, 6) is 3.93. The van der Waals surface area contributed by atoms with E-state index in [0.717, 1.165) is 12.3 Å². The summed E-state index contributed by atoms with van der Waals surface area (Å²) < 4.78 is 0. The van der Waals surface area contributed by atoms with Gasteiger partial charge in [-0.15, -0.1) is 6.58 Å². The first-order chi connectivity index (χ1) is 21.0. The molecule has 0 heteroatoms. The predicted octanol–water partition coefficient (Wildman–Crippen LogP) is 11.9. The summed E-state index contributed by atoms with van der Waals surface area (Å²) in [5, 5.41) is 0. The number of allylic oxidation sites excluding steroid dienone is 9. The van der Waals surface area contributed by atoms with Gasteiger partial charge in [-0.1, -0.05) is 158 Å². The second-order valence-corrected chi connectivity index (χ2v) is 16.5. The number of rotatable bonds is 8. The molecule has 6 unspecified atom stereocenters. The number of benzene rings is 2. The maximum absolute atomic E-state index is 4.01. The van der Waals surface area contributed by atoms with Crippen LogP contribution in [0, 0.1) is 52.3 Å². The summed E-state index contributed by atoms with van der Waals surface area (Å²) in [6, 6.07) is 23.6. The van der Waals surface area contributed by atoms with E-state index >= 15 is 0 Å². The number of unbranched alkanes of at least 4 members (excludes halogenated alkanes) is 1. The normalized spacial score (nSPS) is 30.0. The van der Waals surface area contributed by atoms with E-state index in [2.05, 4.69) is 151 Å². The molecule has 0 aromatic heterocycles. The second kappa shape index (κ2) is 12.2. The zero-order valence-electron chi connectivity index (χ0n) is 28.3. The van der Waals surface area contributed by atoms with Gasteiger partial charge in [-0.05, 0) is 100 Å². The van der Waals surface area contributed by atoms with E-state index in [1.165, 1.54) is 54.4 Å². The Bertz CT molecular complexity index is 1320. The van der Waals surface area contributed by atoms with Crippen molar-refractivity contribution in [1.82, 2.24) is 0 Å². The SMILES string of the molecule is C=CCCCC1CCC(C(c2ccccc2)(c2ccccc2)C2C3C=C(C(C)(C)C)C=CC3[C@@H]3C=CC(C(C)(C)C)=CC23)C1. The third kappa shape index (κ3) is 5.57. The standard InChI is InChI=1S/C44H56/c1-8-9-12-17-31-22-23-36(28-31)44(32-18-13-10-14-19-32,33-20-15-11-16-21-33)41-39-29-34(42(2,3)4)24-26-37(39)38-27-25-35(30-40(38)41)43(5,6)7/h8,10-11,13-16,18-21,24-27,29-31,36-41H,1,9,12,17,22-23,28H2,2-7H3/t31?,36?,37-,38?,39?,40?,41?/m0/s1. The minimum absolute atomic E-state index is 0.0621. The molecule has 7 atom stereocenters. The van der Waals surface area contributed by atoms with Crippen LogP contribution in [-0.4, -0.2) is 0 Å². The quantitative estimate of drug-likeness (QED) is 0.214. The van der Waals surface area contributed by atoms with Crippen molar-refractivity contribution in [3.8, 4) is 0 Å². The van der Waals surface area contributed by atoms with Gasteiger partial charge in [-0.3, -0.25) is 0 Å². The molecule has 6 rings (SSSR count). The average Bonchev–Trinajstić information content (AvgIpc) is 3.61. The lowest BCUT2D eigenvalue weighted by Crippen LogP contribution is -2.47. The van der Waals surface area contributed by atoms with E-state index in [1.807, 2.05) is 0 Å². The van der Waals surface area contributed by atoms with E-state index in [1.54, 1.807) is 0 Å². The Morgan fingerprint density at radius 1 is 0.682 bits per heavy atom. The van der Waals surface area contributed by atoms with E-state index in [0.29, 0.717) is 35.5 Å². The largest absolute Gasteiger partial charge is 0.103 e. The van der Waals surface area contributed by atoms with Crippen LogP contribution < -0.4 is 0 Å². The van der Waals surface area contributed by atoms with Crippen molar-refractivity contribution in [3.05, 3.63) is 132 Å². The van der Waals surface area contributed by atoms with Gasteiger partial charge in [0.25, 0.3) is 0 Å². The molecule has 0 saturated heterocycles. The van der Waals surface area contributed by atoms with Gasteiger partial charge in [0.2, 0.25) is 0 Å². The molecule has 2 fully saturated rings. The Balaban J connectivity index is 1.60. The number of hydrogen-bond acceptors (Lipinski definition) is 0. The highest BCUT2D eigenvalue weighted by atomic mass is 14.6. The lowest BCUT2D eigenvalue weighted by Gasteiger charge is -2.50. The first-order valence-corrected chi connectivity index (χ1v) is 17.6. The van der Waals surface area contributed by atoms with Crippen molar-refractivity contribution in [1.29, 1.82) is 0 Å². The fourth-order valence-electron chi connectivity index (χ4n) is 9.78. The van der Waals surface area contributed by atoms with Crippen molar-refractivity contribution in [3.63, 3.8) is 0 Å². The highest BCUT2D eigenvalue weighted by Gasteiger charge is 2.61. The maximum Gasteiger partial charge on any atom is 0.0270 e. The van der Waals surface area contributed by atoms with Crippen LogP contribution in [0.4, 0.5) is 0 Å². The summed E-state index contributed by atoms with van der Waals surface area (Å²) in [5.41, 5.74) is 6.29. The number of hydrogen-bond donors (Lipinski definition) is 0. The Morgan fingerprint density at radius 3 is 1.64 bits per heavy atom. The average molecular weight is 585 g/mol. The third-order valence-corrected chi connectivity index (χ3v) is 11.9. The van der Waals surface area contributed by atoms with Crippen molar-refractivity contribution in [2.45, 2.75) is 85.5 Å². The van der Waals surface area contributed by atoms with Crippen LogP contribution >= 0.6 is 0 Å². The van der Waals surface area contributed by atoms with E-state index in [9.17, 15) is 0 Å². The minimum atomic E-state index is -0.0621. The van der Waals surface area contributed by atoms with Gasteiger partial charge in [-0.2, -0.15) is 0 Å². The van der Waals surface area contributed by atoms with Crippen LogP contribution in [0.25, 0.3) is 0 Å². The third-order valence-electron chi connectivity index (χ3n) is 11.9. The first kappa shape index (κ1) is 31.1. The van der Waals surface area contributed by atoms with Crippen LogP contribution in [0.5, 0.6) is 0 Å². The molecule has 4 aliphatic carbocycles. The zero-order valence-corrected chi connectivity index (χ0v) is 28.3. The maximum atomic E-state index is 4.01. The van der Waals surface area contributed by atoms with Crippen molar-refractivity contribution in [2.75, 3.05) is 0 Å². The second-order valence-electron chi connectivity index (χ2n) is 16.5. The summed E-state index contributed by atoms with van der Waals surface area (Å²) in [6.45, 7) is 18.4. The molecule has 0 spiro atoms. The molecule has 44 heavy (non-hydrogen) atoms. The Hall–Kier alpha value is -2.86. The smallest absolute Gasteiger partial charge is 0.0270 e. The fourth-order valence-corrected chi connectivity index (χ4v) is 9.78. The molecular formula is C44H56. The summed E-state index contributed by atoms with van der Waals surface area (Å²) in [6.07, 6.45) is 25.5. The molecule has 0 amide bonds. The first-order valence-electron chi connectivity index (χ1n) is 17.6. The molecule has 2 saturated carbocycles. The monoisotopic (exact) mass is 584 g/mol. The van der Waals surface area contributed by atoms with Crippen LogP contribution in [0.3, 0.4) is 0 Å². The summed E-state index contributed by atoms with van der Waals surface area (Å²) >= 11 is 0. The van der Waals surface area contributed by atoms with E-state index in [4.69, 9.17) is 0 Å². The lowest BCUT2D eigenvalue weighted by molar-refractivity contribution is 0.153. The lowest BCUT2D eigenvalue weighted by atomic mass is 9.52. The van der Waals surface area contributed by atoms with Gasteiger partial charge in [-0.25, -0.2) is 0 Å². The van der Waals surface area contributed by atoms with E-state index in [-0.39, 0.29) is 16.2 Å². The van der Waals surface area contributed by atoms with Gasteiger partial charge in [0.1, 0.15) is 0 Å². The van der Waals surface area contributed by atoms with Crippen molar-refractivity contribution < 1.29 is 0 Å². The highest BCUT2D eigenvalue weighted by Crippen LogP contribution is 2.65. The molecule has 2 aromatic rings. The van der Waals surface area contributed by atoms with Crippen LogP contribution in [-0.2, 0) is 5.41 Å². The molecule has 0 bridgehead atoms. The molecule has 2 aromatic carbocycles. The summed E-state index contributed by atoms with van der Waals surface area (Å²) in [4.78, 5) is 0.